The van der Waals surface area contributed by atoms with Crippen molar-refractivity contribution in [3.63, 3.8) is 0 Å². The fourth-order valence-electron chi connectivity index (χ4n) is 2.36. The Morgan fingerprint density at radius 2 is 2.11 bits per heavy atom. The number of ether oxygens (including phenoxy) is 1. The molecule has 0 radical (unpaired) electrons. The lowest BCUT2D eigenvalue weighted by Crippen LogP contribution is -2.41. The second-order valence-electron chi connectivity index (χ2n) is 4.66. The summed E-state index contributed by atoms with van der Waals surface area (Å²) in [6.07, 6.45) is 4.83. The van der Waals surface area contributed by atoms with Crippen molar-refractivity contribution in [3.8, 4) is 5.75 Å². The van der Waals surface area contributed by atoms with Gasteiger partial charge in [0.25, 0.3) is 5.91 Å². The first kappa shape index (κ1) is 12.9. The Bertz CT molecular complexity index is 432. The number of nitrogens with one attached hydrogen (secondary N) is 1. The molecule has 98 valence electrons. The van der Waals surface area contributed by atoms with Gasteiger partial charge >= 0.3 is 0 Å². The quantitative estimate of drug-likeness (QED) is 0.484. The van der Waals surface area contributed by atoms with Gasteiger partial charge < -0.3 is 4.74 Å². The first-order chi connectivity index (χ1) is 8.74. The van der Waals surface area contributed by atoms with Crippen LogP contribution in [0.2, 0.25) is 0 Å². The van der Waals surface area contributed by atoms with E-state index in [0.717, 1.165) is 18.6 Å². The van der Waals surface area contributed by atoms with E-state index in [0.29, 0.717) is 6.42 Å². The molecule has 0 spiro atoms. The first-order valence-corrected chi connectivity index (χ1v) is 6.53. The number of hydrogen-bond donors (Lipinski definition) is 2. The summed E-state index contributed by atoms with van der Waals surface area (Å²) in [4.78, 5) is 11.5. The molecule has 3 N–H and O–H groups in total. The number of benzene rings is 1. The first-order valence-electron chi connectivity index (χ1n) is 6.53. The molecule has 0 fully saturated rings. The van der Waals surface area contributed by atoms with Crippen molar-refractivity contribution in [1.82, 2.24) is 5.43 Å². The molecule has 1 atom stereocenters. The van der Waals surface area contributed by atoms with Crippen molar-refractivity contribution < 1.29 is 9.53 Å². The van der Waals surface area contributed by atoms with Crippen molar-refractivity contribution in [2.24, 2.45) is 5.84 Å². The number of nitrogens with two attached hydrogens (primary N) is 1. The highest BCUT2D eigenvalue weighted by Gasteiger charge is 2.18. The molecule has 1 unspecified atom stereocenters. The summed E-state index contributed by atoms with van der Waals surface area (Å²) in [7, 11) is 0. The summed E-state index contributed by atoms with van der Waals surface area (Å²) >= 11 is 0. The highest BCUT2D eigenvalue weighted by Crippen LogP contribution is 2.26. The number of rotatable bonds is 4. The van der Waals surface area contributed by atoms with Gasteiger partial charge in [-0.25, -0.2) is 5.84 Å². The van der Waals surface area contributed by atoms with Gasteiger partial charge in [0.15, 0.2) is 6.10 Å². The molecular weight excluding hydrogens is 228 g/mol. The van der Waals surface area contributed by atoms with Gasteiger partial charge in [0.05, 0.1) is 0 Å². The lowest BCUT2D eigenvalue weighted by Gasteiger charge is -2.19. The van der Waals surface area contributed by atoms with Gasteiger partial charge in [-0.05, 0) is 55.4 Å². The van der Waals surface area contributed by atoms with Gasteiger partial charge in [-0.3, -0.25) is 10.2 Å². The average molecular weight is 248 g/mol. The van der Waals surface area contributed by atoms with Crippen molar-refractivity contribution in [2.75, 3.05) is 0 Å². The van der Waals surface area contributed by atoms with Crippen molar-refractivity contribution in [1.29, 1.82) is 0 Å². The minimum absolute atomic E-state index is 0.282. The zero-order valence-electron chi connectivity index (χ0n) is 10.7. The van der Waals surface area contributed by atoms with Crippen LogP contribution >= 0.6 is 0 Å². The predicted octanol–water partition coefficient (Wildman–Crippen LogP) is 1.71. The summed E-state index contributed by atoms with van der Waals surface area (Å²) in [5, 5.41) is 0. The lowest BCUT2D eigenvalue weighted by molar-refractivity contribution is -0.128. The Kier molecular flexibility index (Phi) is 4.20. The van der Waals surface area contributed by atoms with Crippen LogP contribution in [0, 0.1) is 0 Å². The van der Waals surface area contributed by atoms with Gasteiger partial charge in [-0.2, -0.15) is 0 Å². The number of hydrazine groups is 1. The number of amides is 1. The van der Waals surface area contributed by atoms with E-state index in [1.807, 2.05) is 13.0 Å². The van der Waals surface area contributed by atoms with Crippen LogP contribution in [0.25, 0.3) is 0 Å². The van der Waals surface area contributed by atoms with Crippen molar-refractivity contribution in [3.05, 3.63) is 29.3 Å². The van der Waals surface area contributed by atoms with Gasteiger partial charge in [0.2, 0.25) is 0 Å². The minimum atomic E-state index is -0.517. The molecule has 4 heteroatoms. The summed E-state index contributed by atoms with van der Waals surface area (Å²) in [6.45, 7) is 1.90. The molecule has 1 aliphatic rings. The van der Waals surface area contributed by atoms with Crippen LogP contribution in [0.5, 0.6) is 5.75 Å². The topological polar surface area (TPSA) is 64.3 Å². The average Bonchev–Trinajstić information content (AvgIpc) is 2.43. The van der Waals surface area contributed by atoms with Crippen LogP contribution in [0.3, 0.4) is 0 Å². The molecule has 0 saturated carbocycles. The Morgan fingerprint density at radius 3 is 2.78 bits per heavy atom. The van der Waals surface area contributed by atoms with Crippen molar-refractivity contribution >= 4 is 5.91 Å². The van der Waals surface area contributed by atoms with E-state index < -0.39 is 6.10 Å². The summed E-state index contributed by atoms with van der Waals surface area (Å²) in [5.74, 6) is 5.61. The van der Waals surface area contributed by atoms with E-state index in [9.17, 15) is 4.79 Å². The molecule has 0 heterocycles. The third kappa shape index (κ3) is 2.82. The molecule has 0 bridgehead atoms. The van der Waals surface area contributed by atoms with Crippen LogP contribution in [0.4, 0.5) is 0 Å². The third-order valence-electron chi connectivity index (χ3n) is 3.40. The largest absolute Gasteiger partial charge is 0.481 e. The standard InChI is InChI=1S/C14H20N2O2/c1-2-13(14(17)16-15)18-12-8-7-10-5-3-4-6-11(10)9-12/h7-9,13H,2-6,15H2,1H3,(H,16,17). The fourth-order valence-corrected chi connectivity index (χ4v) is 2.36. The van der Waals surface area contributed by atoms with Crippen LogP contribution in [-0.2, 0) is 17.6 Å². The molecule has 1 aromatic carbocycles. The molecule has 0 aromatic heterocycles. The Balaban J connectivity index is 2.11. The van der Waals surface area contributed by atoms with E-state index in [4.69, 9.17) is 10.6 Å². The molecule has 4 nitrogen and oxygen atoms in total. The van der Waals surface area contributed by atoms with Crippen LogP contribution < -0.4 is 16.0 Å². The normalized spacial score (nSPS) is 15.7. The SMILES string of the molecule is CCC(Oc1ccc2c(c1)CCCC2)C(=O)NN. The van der Waals surface area contributed by atoms with Crippen LogP contribution in [-0.4, -0.2) is 12.0 Å². The molecule has 18 heavy (non-hydrogen) atoms. The molecule has 1 aliphatic carbocycles. The summed E-state index contributed by atoms with van der Waals surface area (Å²) in [6, 6.07) is 6.11. The van der Waals surface area contributed by atoms with Gasteiger partial charge in [0.1, 0.15) is 5.75 Å². The monoisotopic (exact) mass is 248 g/mol. The maximum Gasteiger partial charge on any atom is 0.274 e. The highest BCUT2D eigenvalue weighted by molar-refractivity contribution is 5.80. The number of carbonyl (C=O) groups is 1. The molecule has 1 aromatic rings. The zero-order valence-corrected chi connectivity index (χ0v) is 10.7. The Hall–Kier alpha value is -1.55. The van der Waals surface area contributed by atoms with E-state index in [2.05, 4.69) is 17.6 Å². The number of hydrogen-bond acceptors (Lipinski definition) is 3. The van der Waals surface area contributed by atoms with E-state index in [1.165, 1.54) is 24.0 Å². The Labute approximate surface area is 107 Å². The number of carbonyl (C=O) groups excluding carboxylic acids is 1. The Morgan fingerprint density at radius 1 is 1.39 bits per heavy atom. The maximum absolute atomic E-state index is 11.5. The van der Waals surface area contributed by atoms with Gasteiger partial charge in [-0.1, -0.05) is 13.0 Å². The number of aryl methyl sites for hydroxylation is 2. The molecule has 1 amide bonds. The molecule has 2 rings (SSSR count). The maximum atomic E-state index is 11.5. The molecule has 0 saturated heterocycles. The zero-order chi connectivity index (χ0) is 13.0. The third-order valence-corrected chi connectivity index (χ3v) is 3.40. The minimum Gasteiger partial charge on any atom is -0.481 e. The summed E-state index contributed by atoms with van der Waals surface area (Å²) in [5.41, 5.74) is 4.89. The van der Waals surface area contributed by atoms with Crippen LogP contribution in [0.15, 0.2) is 18.2 Å². The molecular formula is C14H20N2O2. The van der Waals surface area contributed by atoms with E-state index >= 15 is 0 Å². The van der Waals surface area contributed by atoms with E-state index in [1.54, 1.807) is 0 Å². The van der Waals surface area contributed by atoms with Gasteiger partial charge in [-0.15, -0.1) is 0 Å². The predicted molar refractivity (Wildman–Crippen MR) is 70.1 cm³/mol. The summed E-state index contributed by atoms with van der Waals surface area (Å²) < 4.78 is 5.69. The van der Waals surface area contributed by atoms with Gasteiger partial charge in [0, 0.05) is 0 Å². The van der Waals surface area contributed by atoms with Crippen LogP contribution in [0.1, 0.15) is 37.3 Å². The smallest absolute Gasteiger partial charge is 0.274 e. The second-order valence-corrected chi connectivity index (χ2v) is 4.66. The van der Waals surface area contributed by atoms with Crippen molar-refractivity contribution in [2.45, 2.75) is 45.1 Å². The lowest BCUT2D eigenvalue weighted by atomic mass is 9.92. The highest BCUT2D eigenvalue weighted by atomic mass is 16.5. The number of fused-ring (bicyclic) bond motifs is 1. The van der Waals surface area contributed by atoms with E-state index in [-0.39, 0.29) is 5.91 Å². The fraction of sp³-hybridized carbons (Fsp3) is 0.500. The molecule has 0 aliphatic heterocycles. The second kappa shape index (κ2) is 5.87.